The van der Waals surface area contributed by atoms with E-state index in [9.17, 15) is 14.0 Å². The highest BCUT2D eigenvalue weighted by molar-refractivity contribution is 5.91. The van der Waals surface area contributed by atoms with Gasteiger partial charge in [-0.3, -0.25) is 9.59 Å². The van der Waals surface area contributed by atoms with E-state index >= 15 is 0 Å². The molecule has 0 aliphatic carbocycles. The molecule has 2 rings (SSSR count). The Labute approximate surface area is 111 Å². The third-order valence-electron chi connectivity index (χ3n) is 3.31. The molecule has 0 bridgehead atoms. The first-order valence-electron chi connectivity index (χ1n) is 6.26. The zero-order valence-electron chi connectivity index (χ0n) is 11.0. The van der Waals surface area contributed by atoms with E-state index in [0.29, 0.717) is 12.8 Å². The van der Waals surface area contributed by atoms with Gasteiger partial charge in [-0.2, -0.15) is 0 Å². The van der Waals surface area contributed by atoms with Crippen LogP contribution in [0.4, 0.5) is 4.39 Å². The minimum Gasteiger partial charge on any atom is -0.345 e. The van der Waals surface area contributed by atoms with Crippen LogP contribution in [0.15, 0.2) is 24.3 Å². The van der Waals surface area contributed by atoms with Crippen molar-refractivity contribution in [3.8, 4) is 0 Å². The SMILES string of the molecule is CC(C)(NC(=O)C1CCC(=O)N1)c1ccc(F)cc1. The molecular formula is C14H17FN2O2. The van der Waals surface area contributed by atoms with Gasteiger partial charge in [-0.1, -0.05) is 12.1 Å². The average molecular weight is 264 g/mol. The standard InChI is InChI=1S/C14H17FN2O2/c1-14(2,9-3-5-10(15)6-4-9)17-13(19)11-7-8-12(18)16-11/h3-6,11H,7-8H2,1-2H3,(H,16,18)(H,17,19). The number of hydrogen-bond donors (Lipinski definition) is 2. The lowest BCUT2D eigenvalue weighted by molar-refractivity contribution is -0.127. The second-order valence-corrected chi connectivity index (χ2v) is 5.28. The van der Waals surface area contributed by atoms with E-state index in [-0.39, 0.29) is 17.6 Å². The number of benzene rings is 1. The van der Waals surface area contributed by atoms with Gasteiger partial charge in [0.25, 0.3) is 0 Å². The van der Waals surface area contributed by atoms with E-state index < -0.39 is 11.6 Å². The van der Waals surface area contributed by atoms with E-state index in [1.807, 2.05) is 13.8 Å². The minimum atomic E-state index is -0.613. The average Bonchev–Trinajstić information content (AvgIpc) is 2.76. The molecule has 2 amide bonds. The van der Waals surface area contributed by atoms with Gasteiger partial charge in [0.2, 0.25) is 11.8 Å². The van der Waals surface area contributed by atoms with Gasteiger partial charge >= 0.3 is 0 Å². The van der Waals surface area contributed by atoms with Crippen LogP contribution in [0, 0.1) is 5.82 Å². The Morgan fingerprint density at radius 1 is 1.37 bits per heavy atom. The minimum absolute atomic E-state index is 0.0975. The Morgan fingerprint density at radius 3 is 2.53 bits per heavy atom. The van der Waals surface area contributed by atoms with Crippen LogP contribution in [0.2, 0.25) is 0 Å². The summed E-state index contributed by atoms with van der Waals surface area (Å²) < 4.78 is 12.9. The van der Waals surface area contributed by atoms with E-state index in [1.54, 1.807) is 12.1 Å². The lowest BCUT2D eigenvalue weighted by atomic mass is 9.93. The lowest BCUT2D eigenvalue weighted by Gasteiger charge is -2.28. The van der Waals surface area contributed by atoms with Gasteiger partial charge < -0.3 is 10.6 Å². The zero-order chi connectivity index (χ0) is 14.0. The molecule has 1 fully saturated rings. The summed E-state index contributed by atoms with van der Waals surface area (Å²) in [5.74, 6) is -0.617. The fourth-order valence-corrected chi connectivity index (χ4v) is 2.14. The fraction of sp³-hybridized carbons (Fsp3) is 0.429. The molecule has 0 aromatic heterocycles. The van der Waals surface area contributed by atoms with Gasteiger partial charge in [-0.25, -0.2) is 4.39 Å². The summed E-state index contributed by atoms with van der Waals surface area (Å²) in [6.45, 7) is 3.68. The van der Waals surface area contributed by atoms with Crippen LogP contribution in [0.1, 0.15) is 32.3 Å². The predicted octanol–water partition coefficient (Wildman–Crippen LogP) is 1.46. The maximum absolute atomic E-state index is 12.9. The first kappa shape index (κ1) is 13.5. The van der Waals surface area contributed by atoms with E-state index in [4.69, 9.17) is 0 Å². The summed E-state index contributed by atoms with van der Waals surface area (Å²) in [5, 5.41) is 5.50. The second-order valence-electron chi connectivity index (χ2n) is 5.28. The van der Waals surface area contributed by atoms with Crippen LogP contribution < -0.4 is 10.6 Å². The summed E-state index contributed by atoms with van der Waals surface area (Å²) in [7, 11) is 0. The van der Waals surface area contributed by atoms with Gasteiger partial charge in [0.1, 0.15) is 11.9 Å². The lowest BCUT2D eigenvalue weighted by Crippen LogP contribution is -2.49. The molecule has 1 saturated heterocycles. The fourth-order valence-electron chi connectivity index (χ4n) is 2.14. The van der Waals surface area contributed by atoms with Crippen LogP contribution in [0.25, 0.3) is 0 Å². The number of carbonyl (C=O) groups is 2. The van der Waals surface area contributed by atoms with Crippen LogP contribution >= 0.6 is 0 Å². The largest absolute Gasteiger partial charge is 0.345 e. The van der Waals surface area contributed by atoms with Crippen molar-refractivity contribution in [3.05, 3.63) is 35.6 Å². The number of carbonyl (C=O) groups excluding carboxylic acids is 2. The number of hydrogen-bond acceptors (Lipinski definition) is 2. The highest BCUT2D eigenvalue weighted by atomic mass is 19.1. The highest BCUT2D eigenvalue weighted by Crippen LogP contribution is 2.21. The van der Waals surface area contributed by atoms with Crippen LogP contribution in [0.3, 0.4) is 0 Å². The molecule has 1 unspecified atom stereocenters. The molecule has 1 aliphatic heterocycles. The molecule has 0 spiro atoms. The molecule has 1 heterocycles. The Hall–Kier alpha value is -1.91. The maximum Gasteiger partial charge on any atom is 0.243 e. The van der Waals surface area contributed by atoms with Gasteiger partial charge in [0.15, 0.2) is 0 Å². The molecule has 5 heteroatoms. The number of nitrogens with one attached hydrogen (secondary N) is 2. The normalized spacial score (nSPS) is 19.1. The Morgan fingerprint density at radius 2 is 2.00 bits per heavy atom. The predicted molar refractivity (Wildman–Crippen MR) is 68.7 cm³/mol. The number of amides is 2. The third-order valence-corrected chi connectivity index (χ3v) is 3.31. The summed E-state index contributed by atoms with van der Waals surface area (Å²) in [5.41, 5.74) is 0.199. The first-order chi connectivity index (χ1) is 8.88. The van der Waals surface area contributed by atoms with Crippen molar-refractivity contribution in [2.45, 2.75) is 38.3 Å². The van der Waals surface area contributed by atoms with Crippen LogP contribution in [-0.2, 0) is 15.1 Å². The first-order valence-corrected chi connectivity index (χ1v) is 6.26. The van der Waals surface area contributed by atoms with Crippen molar-refractivity contribution in [2.24, 2.45) is 0 Å². The maximum atomic E-state index is 12.9. The van der Waals surface area contributed by atoms with Crippen molar-refractivity contribution >= 4 is 11.8 Å². The van der Waals surface area contributed by atoms with Crippen molar-refractivity contribution in [3.63, 3.8) is 0 Å². The van der Waals surface area contributed by atoms with Crippen molar-refractivity contribution in [1.29, 1.82) is 0 Å². The van der Waals surface area contributed by atoms with Gasteiger partial charge in [-0.05, 0) is 38.0 Å². The van der Waals surface area contributed by atoms with Crippen molar-refractivity contribution in [1.82, 2.24) is 10.6 Å². The Balaban J connectivity index is 2.06. The Bertz CT molecular complexity index is 497. The number of rotatable bonds is 3. The summed E-state index contributed by atoms with van der Waals surface area (Å²) >= 11 is 0. The van der Waals surface area contributed by atoms with Gasteiger partial charge in [0.05, 0.1) is 5.54 Å². The number of halogens is 1. The summed E-state index contributed by atoms with van der Waals surface area (Å²) in [6.07, 6.45) is 0.902. The molecular weight excluding hydrogens is 247 g/mol. The second kappa shape index (κ2) is 4.99. The molecule has 1 aromatic rings. The van der Waals surface area contributed by atoms with Crippen molar-refractivity contribution < 1.29 is 14.0 Å². The molecule has 0 radical (unpaired) electrons. The molecule has 19 heavy (non-hydrogen) atoms. The molecule has 1 aromatic carbocycles. The molecule has 1 aliphatic rings. The van der Waals surface area contributed by atoms with Crippen LogP contribution in [0.5, 0.6) is 0 Å². The molecule has 102 valence electrons. The topological polar surface area (TPSA) is 58.2 Å². The van der Waals surface area contributed by atoms with Gasteiger partial charge in [-0.15, -0.1) is 0 Å². The monoisotopic (exact) mass is 264 g/mol. The molecule has 0 saturated carbocycles. The van der Waals surface area contributed by atoms with Crippen LogP contribution in [-0.4, -0.2) is 17.9 Å². The van der Waals surface area contributed by atoms with E-state index in [2.05, 4.69) is 10.6 Å². The van der Waals surface area contributed by atoms with Crippen molar-refractivity contribution in [2.75, 3.05) is 0 Å². The molecule has 2 N–H and O–H groups in total. The van der Waals surface area contributed by atoms with Gasteiger partial charge in [0, 0.05) is 6.42 Å². The quantitative estimate of drug-likeness (QED) is 0.868. The molecule has 4 nitrogen and oxygen atoms in total. The zero-order valence-corrected chi connectivity index (χ0v) is 11.0. The third kappa shape index (κ3) is 3.10. The molecule has 1 atom stereocenters. The van der Waals surface area contributed by atoms with E-state index in [1.165, 1.54) is 12.1 Å². The summed E-state index contributed by atoms with van der Waals surface area (Å²) in [6, 6.07) is 5.54. The van der Waals surface area contributed by atoms with E-state index in [0.717, 1.165) is 5.56 Å². The smallest absolute Gasteiger partial charge is 0.243 e. The highest BCUT2D eigenvalue weighted by Gasteiger charge is 2.31. The Kier molecular flexibility index (Phi) is 3.55. The summed E-state index contributed by atoms with van der Waals surface area (Å²) in [4.78, 5) is 23.1.